The zero-order valence-electron chi connectivity index (χ0n) is 80.5. The van der Waals surface area contributed by atoms with E-state index in [0.29, 0.717) is 135 Å². The maximum absolute atomic E-state index is 16.3. The standard InChI is InChI=1S/3C24H31FN8O2.C22H26F2N8O2/c3*1-5-15-7-6-14(11-32(15)16-10-27-31(12-16)13-24(2,3)34)21-29-22-17-8-18(25)20(35-4)9-19(17)28-23(26)33(22)30-21;1-21(2,33)11-31-10-14(9-26-31)30-6-4-5-22(24,12-30)19-28-18-15-7-13(23)8-16(34-3)17(15)27-20(25)32(18)29-19/h3*8-10,12,14-15,34H,5-7,11,13H2,1-4H3,(H2,26,28);7-10,33H,4-6,11-12H2,1-3H3,(H2,25,27)/t2*14-,15+;14-,15-;22-/m1001/s1. The van der Waals surface area contributed by atoms with Gasteiger partial charge in [0.15, 0.2) is 86.3 Å². The molecule has 7 atom stereocenters. The fourth-order valence-electron chi connectivity index (χ4n) is 19.2. The SMILES string of the molecule is CC[C@@H]1CC[C@H](c2nc3c4cc(F)c(OC)cc4nc(N)n3n2)CN1c1cnn(CC(C)(C)O)c1.CC[C@H]1CC[C@@H](c2nc3c4cc(F)c(OC)cc4nc(N)n3n2)CN1c1cnn(CC(C)(C)O)c1.CC[C@H]1CC[C@H](c2nc3c4cc(F)c(OC)cc4nc(N)n3n2)CN1c1cnn(CC(C)(C)O)c1.COc1cc(F)cc2c1nc(N)n1nc([C@@]3(F)CCCN(c4cnn(CC(C)(C)O)c4)C3)nc21. The molecule has 45 heteroatoms. The number of fused-ring (bicyclic) bond motifs is 12. The first-order valence-corrected chi connectivity index (χ1v) is 46.6. The molecule has 4 aliphatic rings. The van der Waals surface area contributed by atoms with Gasteiger partial charge in [0.25, 0.3) is 0 Å². The van der Waals surface area contributed by atoms with Crippen LogP contribution in [0.15, 0.2) is 98.1 Å². The van der Waals surface area contributed by atoms with Gasteiger partial charge in [-0.2, -0.15) is 38.5 Å². The number of hydrogen-bond acceptors (Lipinski definition) is 32. The van der Waals surface area contributed by atoms with Crippen LogP contribution in [-0.4, -0.2) is 240 Å². The molecule has 0 saturated carbocycles. The molecule has 0 radical (unpaired) electrons. The average molecular weight is 1920 g/mol. The Labute approximate surface area is 796 Å². The number of halogens is 5. The van der Waals surface area contributed by atoms with Crippen LogP contribution in [0.2, 0.25) is 0 Å². The zero-order chi connectivity index (χ0) is 99.0. The molecule has 12 aromatic heterocycles. The highest BCUT2D eigenvalue weighted by Crippen LogP contribution is 2.43. The summed E-state index contributed by atoms with van der Waals surface area (Å²) in [5.74, 6) is 1.19. The number of alkyl halides is 1. The number of nitrogens with two attached hydrogens (primary N) is 4. The molecular weight excluding hydrogens is 1800 g/mol. The smallest absolute Gasteiger partial charge is 0.223 e. The van der Waals surface area contributed by atoms with Crippen LogP contribution >= 0.6 is 0 Å². The topological polar surface area (TPSA) is 478 Å². The summed E-state index contributed by atoms with van der Waals surface area (Å²) in [4.78, 5) is 45.2. The van der Waals surface area contributed by atoms with Gasteiger partial charge in [-0.3, -0.25) is 18.7 Å². The van der Waals surface area contributed by atoms with Crippen molar-refractivity contribution < 1.29 is 61.3 Å². The molecule has 0 bridgehead atoms. The van der Waals surface area contributed by atoms with Gasteiger partial charge in [-0.25, -0.2) is 61.8 Å². The van der Waals surface area contributed by atoms with Crippen LogP contribution in [0.25, 0.3) is 66.2 Å². The Kier molecular flexibility index (Phi) is 26.5. The van der Waals surface area contributed by atoms with Crippen molar-refractivity contribution in [3.63, 3.8) is 0 Å². The van der Waals surface area contributed by atoms with E-state index in [4.69, 9.17) is 56.8 Å². The van der Waals surface area contributed by atoms with E-state index in [1.54, 1.807) is 86.5 Å². The highest BCUT2D eigenvalue weighted by molar-refractivity contribution is 5.97. The lowest BCUT2D eigenvalue weighted by atomic mass is 9.90. The van der Waals surface area contributed by atoms with Gasteiger partial charge < -0.3 is 81.9 Å². The molecule has 16 heterocycles. The van der Waals surface area contributed by atoms with E-state index < -0.39 is 51.3 Å². The Balaban J connectivity index is 0.000000128. The molecule has 12 N–H and O–H groups in total. The zero-order valence-corrected chi connectivity index (χ0v) is 80.5. The predicted molar refractivity (Wildman–Crippen MR) is 515 cm³/mol. The van der Waals surface area contributed by atoms with Crippen LogP contribution in [-0.2, 0) is 31.8 Å². The van der Waals surface area contributed by atoms with E-state index in [1.165, 1.54) is 95.0 Å². The van der Waals surface area contributed by atoms with E-state index in [1.807, 2.05) is 42.1 Å². The van der Waals surface area contributed by atoms with E-state index >= 15 is 4.39 Å². The highest BCUT2D eigenvalue weighted by Gasteiger charge is 2.43. The summed E-state index contributed by atoms with van der Waals surface area (Å²) in [6.45, 7) is 24.9. The molecule has 0 spiro atoms. The summed E-state index contributed by atoms with van der Waals surface area (Å²) in [5.41, 5.74) is 26.5. The summed E-state index contributed by atoms with van der Waals surface area (Å²) in [6.07, 6.45) is 24.4. The van der Waals surface area contributed by atoms with Crippen molar-refractivity contribution >= 4 is 113 Å². The fourth-order valence-corrected chi connectivity index (χ4v) is 19.2. The number of methoxy groups -OCH3 is 4. The first-order valence-electron chi connectivity index (χ1n) is 46.6. The Morgan fingerprint density at radius 1 is 0.396 bits per heavy atom. The summed E-state index contributed by atoms with van der Waals surface area (Å²) in [6, 6.07) is 12.2. The summed E-state index contributed by atoms with van der Waals surface area (Å²) >= 11 is 0. The highest BCUT2D eigenvalue weighted by atomic mass is 19.1. The summed E-state index contributed by atoms with van der Waals surface area (Å²) < 4.78 is 107. The van der Waals surface area contributed by atoms with Crippen molar-refractivity contribution in [3.8, 4) is 23.0 Å². The van der Waals surface area contributed by atoms with Crippen LogP contribution in [0.1, 0.15) is 188 Å². The predicted octanol–water partition coefficient (Wildman–Crippen LogP) is 11.9. The van der Waals surface area contributed by atoms with Gasteiger partial charge in [-0.05, 0) is 150 Å². The third kappa shape index (κ3) is 20.4. The number of aromatic nitrogens is 24. The average Bonchev–Trinajstić information content (AvgIpc) is 1.60. The maximum Gasteiger partial charge on any atom is 0.223 e. The third-order valence-corrected chi connectivity index (χ3v) is 25.8. The number of piperidine rings is 4. The summed E-state index contributed by atoms with van der Waals surface area (Å²) in [5, 5.41) is 78.4. The minimum absolute atomic E-state index is 0.00433. The van der Waals surface area contributed by atoms with Gasteiger partial charge in [0.05, 0.1) is 153 Å². The maximum atomic E-state index is 16.3. The normalized spacial score (nSPS) is 19.1. The number of benzene rings is 4. The van der Waals surface area contributed by atoms with E-state index in [-0.39, 0.29) is 89.0 Å². The van der Waals surface area contributed by atoms with Crippen LogP contribution < -0.4 is 61.5 Å². The Bertz CT molecular complexity index is 6690. The van der Waals surface area contributed by atoms with Crippen molar-refractivity contribution in [3.05, 3.63) is 145 Å². The molecule has 4 aliphatic heterocycles. The number of anilines is 8. The fraction of sp³-hybridized carbons (Fsp3) is 0.489. The largest absolute Gasteiger partial charge is 0.494 e. The molecule has 0 amide bonds. The second-order valence-corrected chi connectivity index (χ2v) is 39.0. The second kappa shape index (κ2) is 38.1. The molecular formula is C94H119F5N32O8. The van der Waals surface area contributed by atoms with Crippen LogP contribution in [0.4, 0.5) is 68.5 Å². The number of ether oxygens (including phenoxy) is 4. The van der Waals surface area contributed by atoms with Gasteiger partial charge in [-0.1, -0.05) is 20.8 Å². The molecule has 20 rings (SSSR count). The van der Waals surface area contributed by atoms with Crippen molar-refractivity contribution in [1.29, 1.82) is 0 Å². The molecule has 40 nitrogen and oxygen atoms in total. The molecule has 4 aromatic carbocycles. The molecule has 4 fully saturated rings. The van der Waals surface area contributed by atoms with Crippen LogP contribution in [0.5, 0.6) is 23.0 Å². The Hall–Kier alpha value is -14.0. The van der Waals surface area contributed by atoms with Gasteiger partial charge in [-0.15, -0.1) is 20.4 Å². The van der Waals surface area contributed by atoms with Crippen LogP contribution in [0, 0.1) is 23.3 Å². The number of aliphatic hydroxyl groups is 4. The minimum atomic E-state index is -1.86. The number of hydrogen-bond donors (Lipinski definition) is 8. The Morgan fingerprint density at radius 3 is 1.06 bits per heavy atom. The Morgan fingerprint density at radius 2 is 0.719 bits per heavy atom. The molecule has 4 saturated heterocycles. The van der Waals surface area contributed by atoms with Gasteiger partial charge in [0.2, 0.25) is 23.8 Å². The monoisotopic (exact) mass is 1920 g/mol. The molecule has 0 aliphatic carbocycles. The number of nitrogens with zero attached hydrogens (tertiary/aromatic N) is 28. The first kappa shape index (κ1) is 96.7. The van der Waals surface area contributed by atoms with E-state index in [0.717, 1.165) is 100 Å². The molecule has 139 heavy (non-hydrogen) atoms. The lowest BCUT2D eigenvalue weighted by molar-refractivity contribution is 0.0571. The summed E-state index contributed by atoms with van der Waals surface area (Å²) in [7, 11) is 5.64. The quantitative estimate of drug-likeness (QED) is 0.0276. The van der Waals surface area contributed by atoms with Gasteiger partial charge >= 0.3 is 0 Å². The van der Waals surface area contributed by atoms with Crippen molar-refractivity contribution in [2.24, 2.45) is 0 Å². The number of rotatable bonds is 23. The van der Waals surface area contributed by atoms with Crippen molar-refractivity contribution in [1.82, 2.24) is 117 Å². The third-order valence-electron chi connectivity index (χ3n) is 25.8. The van der Waals surface area contributed by atoms with Gasteiger partial charge in [0.1, 0.15) is 17.1 Å². The van der Waals surface area contributed by atoms with Crippen LogP contribution in [0.3, 0.4) is 0 Å². The van der Waals surface area contributed by atoms with E-state index in [9.17, 15) is 38.0 Å². The first-order chi connectivity index (χ1) is 66.0. The molecule has 0 unspecified atom stereocenters. The minimum Gasteiger partial charge on any atom is -0.494 e. The lowest BCUT2D eigenvalue weighted by Gasteiger charge is -2.39. The lowest BCUT2D eigenvalue weighted by Crippen LogP contribution is -2.44. The molecule has 738 valence electrons. The second-order valence-electron chi connectivity index (χ2n) is 39.0. The molecule has 16 aromatic rings. The van der Waals surface area contributed by atoms with Gasteiger partial charge in [0, 0.05) is 127 Å². The van der Waals surface area contributed by atoms with Crippen molar-refractivity contribution in [2.75, 3.05) is 104 Å². The van der Waals surface area contributed by atoms with Crippen molar-refractivity contribution in [2.45, 2.75) is 237 Å². The van der Waals surface area contributed by atoms with E-state index in [2.05, 4.69) is 101 Å². The number of nitrogen functional groups attached to an aromatic ring is 4.